The molecule has 1 fully saturated rings. The number of hydrogen-bond acceptors (Lipinski definition) is 5. The Morgan fingerprint density at radius 1 is 0.935 bits per heavy atom. The Kier molecular flexibility index (Phi) is 10.4. The van der Waals surface area contributed by atoms with Crippen molar-refractivity contribution in [1.82, 2.24) is 9.80 Å². The smallest absolute Gasteiger partial charge is 0.315 e. The first kappa shape index (κ1) is 23.8. The summed E-state index contributed by atoms with van der Waals surface area (Å²) in [6.07, 6.45) is 3.14. The van der Waals surface area contributed by atoms with Gasteiger partial charge in [-0.25, -0.2) is 0 Å². The second-order valence-corrected chi connectivity index (χ2v) is 9.19. The standard InChI is InChI=1S/C26H36N2O2S/c1-2-3-20-30-25(29)22-31-21-10-15-27-16-18-28(19-17-27)26(23-11-6-4-7-12-23)24-13-8-5-9-14-24/h4-9,11-14,26H,2-3,10,15-22H2,1H3. The molecule has 0 spiro atoms. The van der Waals surface area contributed by atoms with Crippen molar-refractivity contribution in [3.05, 3.63) is 71.8 Å². The van der Waals surface area contributed by atoms with E-state index in [-0.39, 0.29) is 5.97 Å². The molecule has 5 heteroatoms. The molecule has 0 bridgehead atoms. The maximum atomic E-state index is 11.7. The van der Waals surface area contributed by atoms with Gasteiger partial charge in [0.1, 0.15) is 0 Å². The number of esters is 1. The van der Waals surface area contributed by atoms with Crippen molar-refractivity contribution in [1.29, 1.82) is 0 Å². The fraction of sp³-hybridized carbons (Fsp3) is 0.500. The first-order valence-corrected chi connectivity index (χ1v) is 12.7. The Morgan fingerprint density at radius 3 is 2.13 bits per heavy atom. The zero-order valence-electron chi connectivity index (χ0n) is 18.7. The van der Waals surface area contributed by atoms with Crippen LogP contribution in [0.1, 0.15) is 43.4 Å². The van der Waals surface area contributed by atoms with E-state index in [2.05, 4.69) is 77.4 Å². The van der Waals surface area contributed by atoms with Gasteiger partial charge in [0, 0.05) is 26.2 Å². The summed E-state index contributed by atoms with van der Waals surface area (Å²) in [7, 11) is 0. The van der Waals surface area contributed by atoms with Crippen molar-refractivity contribution in [2.24, 2.45) is 0 Å². The number of thioether (sulfide) groups is 1. The quantitative estimate of drug-likeness (QED) is 0.348. The highest BCUT2D eigenvalue weighted by Crippen LogP contribution is 2.29. The maximum absolute atomic E-state index is 11.7. The topological polar surface area (TPSA) is 32.8 Å². The van der Waals surface area contributed by atoms with E-state index in [4.69, 9.17) is 4.74 Å². The van der Waals surface area contributed by atoms with Crippen LogP contribution < -0.4 is 0 Å². The molecule has 1 saturated heterocycles. The summed E-state index contributed by atoms with van der Waals surface area (Å²) in [4.78, 5) is 16.8. The third-order valence-corrected chi connectivity index (χ3v) is 6.76. The van der Waals surface area contributed by atoms with Crippen LogP contribution in [0, 0.1) is 0 Å². The van der Waals surface area contributed by atoms with E-state index in [0.717, 1.165) is 57.7 Å². The third kappa shape index (κ3) is 7.99. The largest absolute Gasteiger partial charge is 0.465 e. The Hall–Kier alpha value is -1.82. The number of nitrogens with zero attached hydrogens (tertiary/aromatic N) is 2. The van der Waals surface area contributed by atoms with Gasteiger partial charge in [0.25, 0.3) is 0 Å². The Balaban J connectivity index is 1.40. The number of unbranched alkanes of at least 4 members (excludes halogenated alkanes) is 1. The van der Waals surface area contributed by atoms with E-state index in [0.29, 0.717) is 18.4 Å². The van der Waals surface area contributed by atoms with Crippen LogP contribution in [0.15, 0.2) is 60.7 Å². The highest BCUT2D eigenvalue weighted by Gasteiger charge is 2.26. The molecule has 1 aliphatic rings. The maximum Gasteiger partial charge on any atom is 0.315 e. The molecule has 0 N–H and O–H groups in total. The average molecular weight is 441 g/mol. The van der Waals surface area contributed by atoms with Crippen LogP contribution in [0.3, 0.4) is 0 Å². The van der Waals surface area contributed by atoms with Crippen molar-refractivity contribution >= 4 is 17.7 Å². The van der Waals surface area contributed by atoms with Gasteiger partial charge in [-0.2, -0.15) is 11.8 Å². The van der Waals surface area contributed by atoms with Gasteiger partial charge in [-0.15, -0.1) is 0 Å². The van der Waals surface area contributed by atoms with E-state index in [9.17, 15) is 4.79 Å². The van der Waals surface area contributed by atoms with Crippen molar-refractivity contribution in [3.63, 3.8) is 0 Å². The predicted molar refractivity (Wildman–Crippen MR) is 131 cm³/mol. The predicted octanol–water partition coefficient (Wildman–Crippen LogP) is 4.86. The minimum Gasteiger partial charge on any atom is -0.465 e. The molecule has 0 amide bonds. The van der Waals surface area contributed by atoms with Gasteiger partial charge in [0.15, 0.2) is 0 Å². The first-order valence-electron chi connectivity index (χ1n) is 11.6. The number of benzene rings is 2. The average Bonchev–Trinajstić information content (AvgIpc) is 2.82. The van der Waals surface area contributed by atoms with Crippen LogP contribution in [0.25, 0.3) is 0 Å². The second-order valence-electron chi connectivity index (χ2n) is 8.08. The van der Waals surface area contributed by atoms with Crippen LogP contribution in [0.2, 0.25) is 0 Å². The van der Waals surface area contributed by atoms with Crippen molar-refractivity contribution in [2.45, 2.75) is 32.2 Å². The van der Waals surface area contributed by atoms with E-state index >= 15 is 0 Å². The molecule has 0 aromatic heterocycles. The second kappa shape index (κ2) is 13.6. The molecule has 168 valence electrons. The lowest BCUT2D eigenvalue weighted by atomic mass is 9.96. The monoisotopic (exact) mass is 440 g/mol. The van der Waals surface area contributed by atoms with Crippen molar-refractivity contribution in [2.75, 3.05) is 50.8 Å². The normalized spacial score (nSPS) is 15.3. The number of rotatable bonds is 12. The summed E-state index contributed by atoms with van der Waals surface area (Å²) in [5, 5.41) is 0. The summed E-state index contributed by atoms with van der Waals surface area (Å²) in [6, 6.07) is 22.0. The molecule has 4 nitrogen and oxygen atoms in total. The Bertz CT molecular complexity index is 709. The number of ether oxygens (including phenoxy) is 1. The van der Waals surface area contributed by atoms with Crippen LogP contribution in [-0.2, 0) is 9.53 Å². The lowest BCUT2D eigenvalue weighted by Gasteiger charge is -2.39. The van der Waals surface area contributed by atoms with E-state index in [1.54, 1.807) is 11.8 Å². The molecule has 0 aliphatic carbocycles. The number of piperazine rings is 1. The molecule has 3 rings (SSSR count). The molecule has 1 heterocycles. The van der Waals surface area contributed by atoms with Gasteiger partial charge in [-0.1, -0.05) is 74.0 Å². The fourth-order valence-corrected chi connectivity index (χ4v) is 4.78. The van der Waals surface area contributed by atoms with Gasteiger partial charge >= 0.3 is 5.97 Å². The van der Waals surface area contributed by atoms with Gasteiger partial charge in [0.05, 0.1) is 18.4 Å². The van der Waals surface area contributed by atoms with Gasteiger partial charge in [-0.05, 0) is 36.3 Å². The summed E-state index contributed by atoms with van der Waals surface area (Å²) >= 11 is 1.70. The molecule has 2 aromatic carbocycles. The minimum atomic E-state index is -0.0695. The lowest BCUT2D eigenvalue weighted by Crippen LogP contribution is -2.48. The van der Waals surface area contributed by atoms with E-state index < -0.39 is 0 Å². The molecular formula is C26H36N2O2S. The summed E-state index contributed by atoms with van der Waals surface area (Å²) in [5.41, 5.74) is 2.73. The van der Waals surface area contributed by atoms with E-state index in [1.807, 2.05) is 0 Å². The van der Waals surface area contributed by atoms with Crippen molar-refractivity contribution < 1.29 is 9.53 Å². The highest BCUT2D eigenvalue weighted by molar-refractivity contribution is 7.99. The molecule has 0 atom stereocenters. The van der Waals surface area contributed by atoms with Crippen LogP contribution in [-0.4, -0.2) is 66.6 Å². The van der Waals surface area contributed by atoms with Gasteiger partial charge in [-0.3, -0.25) is 9.69 Å². The van der Waals surface area contributed by atoms with Crippen molar-refractivity contribution in [3.8, 4) is 0 Å². The lowest BCUT2D eigenvalue weighted by molar-refractivity contribution is -0.140. The third-order valence-electron chi connectivity index (χ3n) is 5.75. The molecule has 2 aromatic rings. The Morgan fingerprint density at radius 2 is 1.55 bits per heavy atom. The molecular weight excluding hydrogens is 404 g/mol. The number of hydrogen-bond donors (Lipinski definition) is 0. The first-order chi connectivity index (χ1) is 15.3. The molecule has 31 heavy (non-hydrogen) atoms. The highest BCUT2D eigenvalue weighted by atomic mass is 32.2. The number of carbonyl (C=O) groups is 1. The van der Waals surface area contributed by atoms with E-state index in [1.165, 1.54) is 11.1 Å². The SMILES string of the molecule is CCCCOC(=O)CSCCCN1CCN(C(c2ccccc2)c2ccccc2)CC1. The van der Waals surface area contributed by atoms with Crippen LogP contribution >= 0.6 is 11.8 Å². The van der Waals surface area contributed by atoms with Gasteiger partial charge < -0.3 is 9.64 Å². The molecule has 0 unspecified atom stereocenters. The molecule has 0 saturated carbocycles. The molecule has 1 aliphatic heterocycles. The Labute approximate surface area is 192 Å². The zero-order chi connectivity index (χ0) is 21.7. The molecule has 0 radical (unpaired) electrons. The van der Waals surface area contributed by atoms with Crippen LogP contribution in [0.4, 0.5) is 0 Å². The number of carbonyl (C=O) groups excluding carboxylic acids is 1. The summed E-state index contributed by atoms with van der Waals surface area (Å²) in [5.74, 6) is 1.42. The summed E-state index contributed by atoms with van der Waals surface area (Å²) in [6.45, 7) is 8.11. The van der Waals surface area contributed by atoms with Gasteiger partial charge in [0.2, 0.25) is 0 Å². The minimum absolute atomic E-state index is 0.0695. The zero-order valence-corrected chi connectivity index (χ0v) is 19.6. The fourth-order valence-electron chi connectivity index (χ4n) is 4.05. The summed E-state index contributed by atoms with van der Waals surface area (Å²) < 4.78 is 5.21. The van der Waals surface area contributed by atoms with Crippen LogP contribution in [0.5, 0.6) is 0 Å².